The van der Waals surface area contributed by atoms with Gasteiger partial charge in [-0.1, -0.05) is 6.92 Å². The standard InChI is InChI=1S/C7H14N.C3H7.W.Y/c1-5-7(4)8-6(2)3;1-3-2;;/h6,8H,1-4H3;3H,1-2H3;;/q2*-1;;. The van der Waals surface area contributed by atoms with Crippen molar-refractivity contribution in [3.8, 4) is 0 Å². The average molecular weight is 428 g/mol. The van der Waals surface area contributed by atoms with Crippen molar-refractivity contribution in [1.82, 2.24) is 5.32 Å². The van der Waals surface area contributed by atoms with Crippen LogP contribution in [0.15, 0.2) is 5.70 Å². The zero-order valence-electron chi connectivity index (χ0n) is 9.64. The van der Waals surface area contributed by atoms with Crippen LogP contribution in [0.25, 0.3) is 0 Å². The van der Waals surface area contributed by atoms with Gasteiger partial charge in [-0.05, 0) is 13.8 Å². The summed E-state index contributed by atoms with van der Waals surface area (Å²) < 4.78 is 0. The van der Waals surface area contributed by atoms with Crippen molar-refractivity contribution >= 4 is 0 Å². The maximum atomic E-state index is 3.20. The SMILES string of the molecule is C[C-]=C(C)NC(C)C.C[CH-]C.[W].[Y]. The normalized spacial score (nSPS) is 9.00. The van der Waals surface area contributed by atoms with E-state index in [0.29, 0.717) is 6.04 Å². The van der Waals surface area contributed by atoms with Gasteiger partial charge in [0.15, 0.2) is 0 Å². The van der Waals surface area contributed by atoms with Crippen molar-refractivity contribution in [3.63, 3.8) is 0 Å². The van der Waals surface area contributed by atoms with Gasteiger partial charge in [0.25, 0.3) is 0 Å². The van der Waals surface area contributed by atoms with Crippen molar-refractivity contribution in [3.05, 3.63) is 18.2 Å². The molecule has 0 rings (SSSR count). The first-order valence-electron chi connectivity index (χ1n) is 4.10. The Bertz CT molecular complexity index is 103. The fraction of sp³-hybridized carbons (Fsp3) is 0.700. The molecule has 0 bridgehead atoms. The van der Waals surface area contributed by atoms with Gasteiger partial charge < -0.3 is 17.8 Å². The van der Waals surface area contributed by atoms with Gasteiger partial charge in [-0.3, -0.25) is 0 Å². The fourth-order valence-electron chi connectivity index (χ4n) is 0.505. The number of rotatable bonds is 2. The summed E-state index contributed by atoms with van der Waals surface area (Å²) >= 11 is 0. The summed E-state index contributed by atoms with van der Waals surface area (Å²) in [6.07, 6.45) is 5.00. The molecule has 0 aromatic carbocycles. The maximum Gasteiger partial charge on any atom is 0.0171 e. The molecule has 77 valence electrons. The summed E-state index contributed by atoms with van der Waals surface area (Å²) in [6.45, 7) is 12.1. The second kappa shape index (κ2) is 19.0. The summed E-state index contributed by atoms with van der Waals surface area (Å²) in [7, 11) is 0. The predicted molar refractivity (Wildman–Crippen MR) is 52.0 cm³/mol. The topological polar surface area (TPSA) is 12.0 Å². The summed E-state index contributed by atoms with van der Waals surface area (Å²) in [4.78, 5) is 0. The molecule has 0 saturated carbocycles. The van der Waals surface area contributed by atoms with E-state index in [9.17, 15) is 0 Å². The Labute approximate surface area is 124 Å². The average Bonchev–Trinajstić information content (AvgIpc) is 1.88. The van der Waals surface area contributed by atoms with E-state index in [-0.39, 0.29) is 53.8 Å². The molecule has 1 nitrogen and oxygen atoms in total. The van der Waals surface area contributed by atoms with E-state index in [2.05, 4.69) is 25.2 Å². The van der Waals surface area contributed by atoms with Gasteiger partial charge in [0.2, 0.25) is 0 Å². The molecule has 0 amide bonds. The maximum absolute atomic E-state index is 3.20. The zero-order chi connectivity index (χ0) is 9.28. The number of allylic oxidation sites excluding steroid dienone is 2. The summed E-state index contributed by atoms with van der Waals surface area (Å²) in [5, 5.41) is 3.20. The second-order valence-electron chi connectivity index (χ2n) is 2.75. The molecular weight excluding hydrogens is 407 g/mol. The van der Waals surface area contributed by atoms with Crippen molar-refractivity contribution in [2.24, 2.45) is 0 Å². The molecule has 0 saturated heterocycles. The van der Waals surface area contributed by atoms with E-state index in [1.165, 1.54) is 0 Å². The third kappa shape index (κ3) is 31.8. The number of hydrogen-bond acceptors (Lipinski definition) is 1. The van der Waals surface area contributed by atoms with Crippen molar-refractivity contribution < 1.29 is 53.8 Å². The molecule has 3 heteroatoms. The van der Waals surface area contributed by atoms with Crippen molar-refractivity contribution in [2.45, 2.75) is 47.6 Å². The zero-order valence-corrected chi connectivity index (χ0v) is 15.4. The van der Waals surface area contributed by atoms with Crippen LogP contribution in [0.5, 0.6) is 0 Å². The summed E-state index contributed by atoms with van der Waals surface area (Å²) in [5.41, 5.74) is 1.12. The fourth-order valence-corrected chi connectivity index (χ4v) is 0.505. The molecule has 1 radical (unpaired) electrons. The molecule has 0 aromatic rings. The molecule has 13 heavy (non-hydrogen) atoms. The molecule has 0 aliphatic carbocycles. The summed E-state index contributed by atoms with van der Waals surface area (Å²) in [6, 6.07) is 0.530. The predicted octanol–water partition coefficient (Wildman–Crippen LogP) is 2.94. The van der Waals surface area contributed by atoms with Crippen LogP contribution in [-0.4, -0.2) is 6.04 Å². The Kier molecular flexibility index (Phi) is 34.9. The molecule has 0 fully saturated rings. The Balaban J connectivity index is -0.0000000720. The van der Waals surface area contributed by atoms with E-state index in [1.807, 2.05) is 34.1 Å². The van der Waals surface area contributed by atoms with Crippen molar-refractivity contribution in [1.29, 1.82) is 0 Å². The van der Waals surface area contributed by atoms with E-state index in [4.69, 9.17) is 0 Å². The van der Waals surface area contributed by atoms with Gasteiger partial charge >= 0.3 is 0 Å². The molecule has 0 heterocycles. The first kappa shape index (κ1) is 23.9. The van der Waals surface area contributed by atoms with Gasteiger partial charge in [-0.2, -0.15) is 26.5 Å². The van der Waals surface area contributed by atoms with Crippen LogP contribution in [0, 0.1) is 12.5 Å². The molecule has 0 atom stereocenters. The van der Waals surface area contributed by atoms with Crippen LogP contribution in [0.3, 0.4) is 0 Å². The van der Waals surface area contributed by atoms with Crippen LogP contribution in [0.4, 0.5) is 0 Å². The van der Waals surface area contributed by atoms with Gasteiger partial charge in [-0.25, -0.2) is 0 Å². The Morgan fingerprint density at radius 3 is 1.69 bits per heavy atom. The molecule has 0 spiro atoms. The van der Waals surface area contributed by atoms with Crippen LogP contribution in [-0.2, 0) is 53.8 Å². The third-order valence-corrected chi connectivity index (χ3v) is 0.880. The molecule has 0 aromatic heterocycles. The van der Waals surface area contributed by atoms with E-state index >= 15 is 0 Å². The Morgan fingerprint density at radius 2 is 1.62 bits per heavy atom. The van der Waals surface area contributed by atoms with E-state index < -0.39 is 0 Å². The number of hydrogen-bond donors (Lipinski definition) is 1. The third-order valence-electron chi connectivity index (χ3n) is 0.880. The van der Waals surface area contributed by atoms with Crippen molar-refractivity contribution in [2.75, 3.05) is 0 Å². The minimum atomic E-state index is 0. The van der Waals surface area contributed by atoms with Crippen LogP contribution < -0.4 is 5.32 Å². The molecule has 0 aliphatic heterocycles. The summed E-state index contributed by atoms with van der Waals surface area (Å²) in [5.74, 6) is 0. The van der Waals surface area contributed by atoms with Gasteiger partial charge in [0, 0.05) is 59.8 Å². The molecule has 0 unspecified atom stereocenters. The number of nitrogens with one attached hydrogen (secondary N) is 1. The second-order valence-corrected chi connectivity index (χ2v) is 2.75. The van der Waals surface area contributed by atoms with Gasteiger partial charge in [-0.15, -0.1) is 0 Å². The van der Waals surface area contributed by atoms with E-state index in [0.717, 1.165) is 5.70 Å². The Hall–Kier alpha value is 1.33. The molecule has 1 N–H and O–H groups in total. The minimum Gasteiger partial charge on any atom is -0.480 e. The Morgan fingerprint density at radius 1 is 1.31 bits per heavy atom. The first-order chi connectivity index (χ1) is 5.08. The molecular formula is C10H21NWY-2. The monoisotopic (exact) mass is 428 g/mol. The largest absolute Gasteiger partial charge is 0.480 e. The quantitative estimate of drug-likeness (QED) is 0.668. The van der Waals surface area contributed by atoms with Crippen LogP contribution in [0.2, 0.25) is 0 Å². The van der Waals surface area contributed by atoms with Gasteiger partial charge in [0.1, 0.15) is 0 Å². The van der Waals surface area contributed by atoms with Gasteiger partial charge in [0.05, 0.1) is 0 Å². The smallest absolute Gasteiger partial charge is 0.0171 e. The first-order valence-corrected chi connectivity index (χ1v) is 4.10. The van der Waals surface area contributed by atoms with E-state index in [1.54, 1.807) is 0 Å². The molecule has 0 aliphatic rings. The van der Waals surface area contributed by atoms with Crippen LogP contribution in [0.1, 0.15) is 41.5 Å². The minimum absolute atomic E-state index is 0. The van der Waals surface area contributed by atoms with Crippen LogP contribution >= 0.6 is 0 Å².